The molecule has 0 saturated carbocycles. The molecule has 3 amide bonds. The molecule has 11 heteroatoms. The van der Waals surface area contributed by atoms with Crippen molar-refractivity contribution in [3.63, 3.8) is 0 Å². The third-order valence-corrected chi connectivity index (χ3v) is 7.69. The van der Waals surface area contributed by atoms with Crippen LogP contribution in [0.25, 0.3) is 17.0 Å². The molecule has 0 radical (unpaired) electrons. The van der Waals surface area contributed by atoms with Crippen molar-refractivity contribution in [2.45, 2.75) is 6.54 Å². The van der Waals surface area contributed by atoms with Gasteiger partial charge in [0.1, 0.15) is 6.54 Å². The number of amides is 3. The molecule has 5 rings (SSSR count). The molecule has 4 aromatic rings. The van der Waals surface area contributed by atoms with E-state index in [0.29, 0.717) is 11.6 Å². The number of aromatic nitrogens is 1. The summed E-state index contributed by atoms with van der Waals surface area (Å²) in [5, 5.41) is 3.77. The molecule has 0 atom stereocenters. The van der Waals surface area contributed by atoms with E-state index in [1.54, 1.807) is 6.08 Å². The van der Waals surface area contributed by atoms with Gasteiger partial charge in [-0.1, -0.05) is 53.5 Å². The topological polar surface area (TPSA) is 97.7 Å². The number of esters is 1. The highest BCUT2D eigenvalue weighted by Gasteiger charge is 2.36. The van der Waals surface area contributed by atoms with Crippen molar-refractivity contribution in [2.75, 3.05) is 19.0 Å². The minimum Gasteiger partial charge on any atom is -0.465 e. The average Bonchev–Trinajstić information content (AvgIpc) is 3.42. The van der Waals surface area contributed by atoms with Crippen LogP contribution < -0.4 is 5.32 Å². The molecule has 0 bridgehead atoms. The van der Waals surface area contributed by atoms with E-state index in [2.05, 4.69) is 14.6 Å². The van der Waals surface area contributed by atoms with Gasteiger partial charge in [0, 0.05) is 39.9 Å². The summed E-state index contributed by atoms with van der Waals surface area (Å²) in [6.07, 6.45) is 3.60. The van der Waals surface area contributed by atoms with Crippen LogP contribution in [0.15, 0.2) is 77.8 Å². The van der Waals surface area contributed by atoms with E-state index in [-0.39, 0.29) is 21.2 Å². The highest BCUT2D eigenvalue weighted by Crippen LogP contribution is 2.34. The van der Waals surface area contributed by atoms with Gasteiger partial charge in [-0.15, -0.1) is 0 Å². The summed E-state index contributed by atoms with van der Waals surface area (Å²) in [4.78, 5) is 51.5. The first-order valence-electron chi connectivity index (χ1n) is 12.0. The summed E-state index contributed by atoms with van der Waals surface area (Å²) in [7, 11) is 1.22. The molecule has 1 aromatic heterocycles. The summed E-state index contributed by atoms with van der Waals surface area (Å²) in [6, 6.07) is 19.7. The zero-order valence-electron chi connectivity index (χ0n) is 21.0. The van der Waals surface area contributed by atoms with Crippen LogP contribution in [0.1, 0.15) is 21.5 Å². The molecule has 1 aliphatic rings. The van der Waals surface area contributed by atoms with Gasteiger partial charge in [-0.2, -0.15) is 0 Å². The Balaban J connectivity index is 1.34. The van der Waals surface area contributed by atoms with Gasteiger partial charge in [0.25, 0.3) is 11.1 Å². The number of ether oxygens (including phenoxy) is 1. The molecule has 202 valence electrons. The standard InChI is InChI=1S/C29H21Cl2N3O5S/c1-39-28(37)22-13-20(10-11-23(22)31)32-26(35)16-34-27(36)25(40-29(34)38)12-18-15-33(24-5-3-2-4-21(18)24)14-17-6-8-19(30)9-7-17/h2-13,15H,14,16H2,1H3,(H,32,35)/b25-12-. The number of para-hydroxylation sites is 1. The molecular weight excluding hydrogens is 573 g/mol. The van der Waals surface area contributed by atoms with E-state index in [0.717, 1.165) is 38.7 Å². The van der Waals surface area contributed by atoms with E-state index in [1.807, 2.05) is 54.7 Å². The van der Waals surface area contributed by atoms with Crippen molar-refractivity contribution in [1.29, 1.82) is 0 Å². The maximum Gasteiger partial charge on any atom is 0.339 e. The van der Waals surface area contributed by atoms with E-state index >= 15 is 0 Å². The Morgan fingerprint density at radius 1 is 1.02 bits per heavy atom. The largest absolute Gasteiger partial charge is 0.465 e. The van der Waals surface area contributed by atoms with Gasteiger partial charge in [-0.3, -0.25) is 19.3 Å². The van der Waals surface area contributed by atoms with Gasteiger partial charge in [-0.05, 0) is 59.8 Å². The van der Waals surface area contributed by atoms with Crippen LogP contribution >= 0.6 is 35.0 Å². The lowest BCUT2D eigenvalue weighted by Crippen LogP contribution is -2.36. The van der Waals surface area contributed by atoms with Crippen molar-refractivity contribution < 1.29 is 23.9 Å². The lowest BCUT2D eigenvalue weighted by molar-refractivity contribution is -0.127. The van der Waals surface area contributed by atoms with E-state index in [9.17, 15) is 19.2 Å². The van der Waals surface area contributed by atoms with Gasteiger partial charge >= 0.3 is 5.97 Å². The molecule has 1 fully saturated rings. The second kappa shape index (κ2) is 11.6. The highest BCUT2D eigenvalue weighted by molar-refractivity contribution is 8.18. The summed E-state index contributed by atoms with van der Waals surface area (Å²) >= 11 is 12.8. The number of rotatable bonds is 7. The Bertz CT molecular complexity index is 1700. The van der Waals surface area contributed by atoms with E-state index in [1.165, 1.54) is 25.3 Å². The number of nitrogens with zero attached hydrogens (tertiary/aromatic N) is 2. The predicted octanol–water partition coefficient (Wildman–Crippen LogP) is 6.46. The normalized spacial score (nSPS) is 14.3. The molecule has 0 aliphatic carbocycles. The monoisotopic (exact) mass is 593 g/mol. The molecule has 0 spiro atoms. The van der Waals surface area contributed by atoms with Crippen molar-refractivity contribution >= 4 is 80.7 Å². The van der Waals surface area contributed by atoms with Gasteiger partial charge in [0.2, 0.25) is 5.91 Å². The number of fused-ring (bicyclic) bond motifs is 1. The van der Waals surface area contributed by atoms with Gasteiger partial charge in [0.05, 0.1) is 22.6 Å². The van der Waals surface area contributed by atoms with Crippen LogP contribution in [0.5, 0.6) is 0 Å². The Labute approximate surface area is 243 Å². The van der Waals surface area contributed by atoms with Gasteiger partial charge in [0.15, 0.2) is 0 Å². The maximum absolute atomic E-state index is 13.1. The summed E-state index contributed by atoms with van der Waals surface area (Å²) in [5.41, 5.74) is 3.15. The summed E-state index contributed by atoms with van der Waals surface area (Å²) in [6.45, 7) is 0.103. The fourth-order valence-corrected chi connectivity index (χ4v) is 5.45. The number of imide groups is 1. The predicted molar refractivity (Wildman–Crippen MR) is 157 cm³/mol. The maximum atomic E-state index is 13.1. The lowest BCUT2D eigenvalue weighted by Gasteiger charge is -2.13. The lowest BCUT2D eigenvalue weighted by atomic mass is 10.1. The van der Waals surface area contributed by atoms with Crippen molar-refractivity contribution in [3.8, 4) is 0 Å². The number of benzene rings is 3. The minimum atomic E-state index is -0.660. The number of anilines is 1. The number of hydrogen-bond donors (Lipinski definition) is 1. The molecule has 1 aliphatic heterocycles. The van der Waals surface area contributed by atoms with E-state index in [4.69, 9.17) is 23.2 Å². The van der Waals surface area contributed by atoms with Crippen LogP contribution in [-0.2, 0) is 20.9 Å². The highest BCUT2D eigenvalue weighted by atomic mass is 35.5. The van der Waals surface area contributed by atoms with Crippen LogP contribution in [0, 0.1) is 0 Å². The first-order valence-corrected chi connectivity index (χ1v) is 13.6. The molecule has 0 unspecified atom stereocenters. The number of halogens is 2. The molecule has 1 saturated heterocycles. The van der Waals surface area contributed by atoms with Crippen molar-refractivity contribution in [3.05, 3.63) is 105 Å². The van der Waals surface area contributed by atoms with Gasteiger partial charge in [-0.25, -0.2) is 4.79 Å². The number of thioether (sulfide) groups is 1. The second-order valence-corrected chi connectivity index (χ2v) is 10.7. The quantitative estimate of drug-likeness (QED) is 0.195. The van der Waals surface area contributed by atoms with Crippen LogP contribution in [0.3, 0.4) is 0 Å². The number of hydrogen-bond acceptors (Lipinski definition) is 6. The molecule has 8 nitrogen and oxygen atoms in total. The molecular formula is C29H21Cl2N3O5S. The first-order chi connectivity index (χ1) is 19.2. The molecule has 1 N–H and O–H groups in total. The Morgan fingerprint density at radius 3 is 2.52 bits per heavy atom. The smallest absolute Gasteiger partial charge is 0.339 e. The Kier molecular flexibility index (Phi) is 7.97. The SMILES string of the molecule is COC(=O)c1cc(NC(=O)CN2C(=O)S/C(=C\c3cn(Cc4ccc(Cl)cc4)c4ccccc34)C2=O)ccc1Cl. The Morgan fingerprint density at radius 2 is 1.77 bits per heavy atom. The van der Waals surface area contributed by atoms with Crippen LogP contribution in [0.2, 0.25) is 10.0 Å². The second-order valence-electron chi connectivity index (χ2n) is 8.86. The fraction of sp³-hybridized carbons (Fsp3) is 0.103. The van der Waals surface area contributed by atoms with Crippen molar-refractivity contribution in [2.24, 2.45) is 0 Å². The number of carbonyl (C=O) groups is 4. The third-order valence-electron chi connectivity index (χ3n) is 6.20. The summed E-state index contributed by atoms with van der Waals surface area (Å²) in [5.74, 6) is -1.83. The number of carbonyl (C=O) groups excluding carboxylic acids is 4. The van der Waals surface area contributed by atoms with E-state index < -0.39 is 29.6 Å². The Hall–Kier alpha value is -4.05. The molecule has 3 aromatic carbocycles. The zero-order valence-corrected chi connectivity index (χ0v) is 23.3. The van der Waals surface area contributed by atoms with Gasteiger partial charge < -0.3 is 14.6 Å². The fourth-order valence-electron chi connectivity index (χ4n) is 4.30. The summed E-state index contributed by atoms with van der Waals surface area (Å²) < 4.78 is 6.75. The van der Waals surface area contributed by atoms with Crippen molar-refractivity contribution in [1.82, 2.24) is 9.47 Å². The number of methoxy groups -OCH3 is 1. The zero-order chi connectivity index (χ0) is 28.4. The number of nitrogens with one attached hydrogen (secondary N) is 1. The minimum absolute atomic E-state index is 0.0753. The molecule has 2 heterocycles. The molecule has 40 heavy (non-hydrogen) atoms. The van der Waals surface area contributed by atoms with Crippen LogP contribution in [0.4, 0.5) is 10.5 Å². The first kappa shape index (κ1) is 27.5. The average molecular weight is 594 g/mol. The van der Waals surface area contributed by atoms with Crippen LogP contribution in [-0.4, -0.2) is 46.1 Å². The third kappa shape index (κ3) is 5.77.